The zero-order valence-corrected chi connectivity index (χ0v) is 16.1. The van der Waals surface area contributed by atoms with E-state index in [0.717, 1.165) is 24.7 Å². The Kier molecular flexibility index (Phi) is 5.34. The fourth-order valence-corrected chi connectivity index (χ4v) is 4.08. The number of aryl methyl sites for hydroxylation is 1. The summed E-state index contributed by atoms with van der Waals surface area (Å²) in [4.78, 5) is 12.7. The van der Waals surface area contributed by atoms with E-state index >= 15 is 0 Å². The van der Waals surface area contributed by atoms with Crippen LogP contribution in [0.4, 0.5) is 14.5 Å². The van der Waals surface area contributed by atoms with Gasteiger partial charge in [0.15, 0.2) is 0 Å². The molecular formula is C21H18ClF2N3O2. The van der Waals surface area contributed by atoms with E-state index in [4.69, 9.17) is 11.6 Å². The molecule has 1 aromatic heterocycles. The number of halogens is 3. The van der Waals surface area contributed by atoms with Crippen molar-refractivity contribution in [3.8, 4) is 0 Å². The number of nitrogens with zero attached hydrogens (tertiary/aromatic N) is 3. The van der Waals surface area contributed by atoms with Gasteiger partial charge in [-0.3, -0.25) is 15.0 Å². The number of nitro groups is 1. The molecule has 4 rings (SSSR count). The third-order valence-electron chi connectivity index (χ3n) is 5.22. The van der Waals surface area contributed by atoms with Crippen molar-refractivity contribution in [3.05, 3.63) is 98.3 Å². The Bertz CT molecular complexity index is 1070. The van der Waals surface area contributed by atoms with E-state index in [1.165, 1.54) is 30.3 Å². The molecule has 0 fully saturated rings. The number of fused-ring (bicyclic) bond motifs is 1. The van der Waals surface area contributed by atoms with E-state index in [0.29, 0.717) is 29.2 Å². The molecule has 0 N–H and O–H groups in total. The van der Waals surface area contributed by atoms with Crippen molar-refractivity contribution >= 4 is 17.3 Å². The Hall–Kier alpha value is -2.77. The molecule has 8 heteroatoms. The Morgan fingerprint density at radius 3 is 2.72 bits per heavy atom. The van der Waals surface area contributed by atoms with Gasteiger partial charge in [0.05, 0.1) is 11.0 Å². The molecule has 0 saturated carbocycles. The van der Waals surface area contributed by atoms with Crippen LogP contribution in [-0.2, 0) is 13.1 Å². The van der Waals surface area contributed by atoms with Crippen molar-refractivity contribution in [3.63, 3.8) is 0 Å². The highest BCUT2D eigenvalue weighted by molar-refractivity contribution is 6.31. The van der Waals surface area contributed by atoms with Crippen LogP contribution < -0.4 is 0 Å². The summed E-state index contributed by atoms with van der Waals surface area (Å²) in [5.74, 6) is -1.26. The molecule has 3 aromatic rings. The maximum absolute atomic E-state index is 14.7. The van der Waals surface area contributed by atoms with Crippen molar-refractivity contribution in [2.75, 3.05) is 6.54 Å². The number of hydrogen-bond acceptors (Lipinski definition) is 3. The second kappa shape index (κ2) is 7.93. The average molecular weight is 418 g/mol. The molecule has 150 valence electrons. The lowest BCUT2D eigenvalue weighted by Gasteiger charge is -2.31. The van der Waals surface area contributed by atoms with Crippen LogP contribution in [0.3, 0.4) is 0 Å². The fourth-order valence-electron chi connectivity index (χ4n) is 3.90. The summed E-state index contributed by atoms with van der Waals surface area (Å²) >= 11 is 6.31. The number of non-ortho nitro benzene ring substituents is 1. The maximum atomic E-state index is 14.7. The summed E-state index contributed by atoms with van der Waals surface area (Å²) in [7, 11) is 0. The first kappa shape index (κ1) is 19.5. The minimum absolute atomic E-state index is 0.0490. The SMILES string of the molecule is O=[N+]([O-])c1ccc(Cl)c(CN2CCCn3cccc3C2c2ccc(F)cc2F)c1. The van der Waals surface area contributed by atoms with E-state index in [1.54, 1.807) is 0 Å². The lowest BCUT2D eigenvalue weighted by molar-refractivity contribution is -0.384. The number of benzene rings is 2. The Labute approximate surface area is 171 Å². The van der Waals surface area contributed by atoms with Crippen LogP contribution in [-0.4, -0.2) is 20.9 Å². The topological polar surface area (TPSA) is 51.3 Å². The van der Waals surface area contributed by atoms with Gasteiger partial charge in [0.2, 0.25) is 0 Å². The predicted molar refractivity (Wildman–Crippen MR) is 106 cm³/mol. The van der Waals surface area contributed by atoms with Crippen LogP contribution in [0.25, 0.3) is 0 Å². The van der Waals surface area contributed by atoms with Crippen molar-refractivity contribution in [2.24, 2.45) is 0 Å². The van der Waals surface area contributed by atoms with E-state index < -0.39 is 22.6 Å². The minimum atomic E-state index is -0.636. The van der Waals surface area contributed by atoms with Crippen LogP contribution in [0.5, 0.6) is 0 Å². The van der Waals surface area contributed by atoms with E-state index in [2.05, 4.69) is 4.57 Å². The molecule has 1 aliphatic heterocycles. The summed E-state index contributed by atoms with van der Waals surface area (Å²) in [6, 6.07) is 11.2. The molecule has 0 aliphatic carbocycles. The second-order valence-corrected chi connectivity index (χ2v) is 7.46. The average Bonchev–Trinajstić information content (AvgIpc) is 3.06. The van der Waals surface area contributed by atoms with Crippen LogP contribution in [0.2, 0.25) is 5.02 Å². The summed E-state index contributed by atoms with van der Waals surface area (Å²) in [6.07, 6.45) is 2.75. The molecule has 0 saturated heterocycles. The van der Waals surface area contributed by atoms with Crippen molar-refractivity contribution in [2.45, 2.75) is 25.6 Å². The van der Waals surface area contributed by atoms with Crippen LogP contribution >= 0.6 is 11.6 Å². The van der Waals surface area contributed by atoms with Crippen molar-refractivity contribution in [1.82, 2.24) is 9.47 Å². The summed E-state index contributed by atoms with van der Waals surface area (Å²) < 4.78 is 30.3. The van der Waals surface area contributed by atoms with E-state index in [-0.39, 0.29) is 5.69 Å². The monoisotopic (exact) mass is 417 g/mol. The van der Waals surface area contributed by atoms with Crippen LogP contribution in [0.15, 0.2) is 54.7 Å². The molecule has 1 atom stereocenters. The van der Waals surface area contributed by atoms with Crippen LogP contribution in [0.1, 0.15) is 29.3 Å². The Morgan fingerprint density at radius 2 is 1.97 bits per heavy atom. The first-order valence-corrected chi connectivity index (χ1v) is 9.58. The Morgan fingerprint density at radius 1 is 1.14 bits per heavy atom. The summed E-state index contributed by atoms with van der Waals surface area (Å²) in [6.45, 7) is 1.69. The molecule has 2 heterocycles. The maximum Gasteiger partial charge on any atom is 0.269 e. The lowest BCUT2D eigenvalue weighted by atomic mass is 10.00. The summed E-state index contributed by atoms with van der Waals surface area (Å²) in [5.41, 5.74) is 1.78. The second-order valence-electron chi connectivity index (χ2n) is 7.05. The van der Waals surface area contributed by atoms with Gasteiger partial charge in [-0.1, -0.05) is 17.7 Å². The summed E-state index contributed by atoms with van der Waals surface area (Å²) in [5, 5.41) is 11.6. The number of aromatic nitrogens is 1. The number of nitro benzene ring substituents is 1. The molecule has 0 amide bonds. The molecule has 5 nitrogen and oxygen atoms in total. The smallest absolute Gasteiger partial charge is 0.269 e. The van der Waals surface area contributed by atoms with Crippen molar-refractivity contribution in [1.29, 1.82) is 0 Å². The van der Waals surface area contributed by atoms with Crippen molar-refractivity contribution < 1.29 is 13.7 Å². The quantitative estimate of drug-likeness (QED) is 0.426. The van der Waals surface area contributed by atoms with Gasteiger partial charge >= 0.3 is 0 Å². The Balaban J connectivity index is 1.78. The normalized spacial score (nSPS) is 17.0. The van der Waals surface area contributed by atoms with Crippen LogP contribution in [0, 0.1) is 21.7 Å². The standard InChI is InChI=1S/C21H18ClF2N3O2/c22-18-7-5-16(27(28)29)11-14(18)13-26-10-2-9-25-8-1-3-20(25)21(26)17-6-4-15(23)12-19(17)24/h1,3-8,11-12,21H,2,9-10,13H2. The highest BCUT2D eigenvalue weighted by Gasteiger charge is 2.30. The molecule has 29 heavy (non-hydrogen) atoms. The third-order valence-corrected chi connectivity index (χ3v) is 5.59. The molecule has 2 aromatic carbocycles. The fraction of sp³-hybridized carbons (Fsp3) is 0.238. The minimum Gasteiger partial charge on any atom is -0.350 e. The number of rotatable bonds is 4. The predicted octanol–water partition coefficient (Wildman–Crippen LogP) is 5.32. The molecule has 0 bridgehead atoms. The molecule has 1 aliphatic rings. The molecular weight excluding hydrogens is 400 g/mol. The zero-order valence-electron chi connectivity index (χ0n) is 15.4. The van der Waals surface area contributed by atoms with E-state index in [1.807, 2.05) is 23.2 Å². The first-order valence-electron chi connectivity index (χ1n) is 9.21. The van der Waals surface area contributed by atoms with Gasteiger partial charge in [0.25, 0.3) is 5.69 Å². The highest BCUT2D eigenvalue weighted by Crippen LogP contribution is 2.36. The molecule has 0 radical (unpaired) electrons. The van der Waals surface area contributed by atoms with Gasteiger partial charge < -0.3 is 4.57 Å². The van der Waals surface area contributed by atoms with Gasteiger partial charge in [0.1, 0.15) is 11.6 Å². The van der Waals surface area contributed by atoms with E-state index in [9.17, 15) is 18.9 Å². The highest BCUT2D eigenvalue weighted by atomic mass is 35.5. The molecule has 1 unspecified atom stereocenters. The van der Waals surface area contributed by atoms with Gasteiger partial charge in [-0.15, -0.1) is 0 Å². The van der Waals surface area contributed by atoms with Gasteiger partial charge in [-0.2, -0.15) is 0 Å². The molecule has 0 spiro atoms. The first-order chi connectivity index (χ1) is 13.9. The zero-order chi connectivity index (χ0) is 20.5. The van der Waals surface area contributed by atoms with Gasteiger partial charge in [0, 0.05) is 60.3 Å². The van der Waals surface area contributed by atoms with Gasteiger partial charge in [-0.25, -0.2) is 8.78 Å². The third kappa shape index (κ3) is 3.88. The largest absolute Gasteiger partial charge is 0.350 e. The van der Waals surface area contributed by atoms with Gasteiger partial charge in [-0.05, 0) is 36.2 Å². The number of hydrogen-bond donors (Lipinski definition) is 0. The lowest BCUT2D eigenvalue weighted by Crippen LogP contribution is -2.30.